The van der Waals surface area contributed by atoms with Gasteiger partial charge in [0.2, 0.25) is 10.0 Å². The van der Waals surface area contributed by atoms with E-state index in [0.29, 0.717) is 24.3 Å². The summed E-state index contributed by atoms with van der Waals surface area (Å²) in [6.07, 6.45) is 5.99. The van der Waals surface area contributed by atoms with Gasteiger partial charge in [-0.3, -0.25) is 4.79 Å². The minimum Gasteiger partial charge on any atom is -0.322 e. The van der Waals surface area contributed by atoms with E-state index >= 15 is 0 Å². The summed E-state index contributed by atoms with van der Waals surface area (Å²) in [6, 6.07) is 8.49. The highest BCUT2D eigenvalue weighted by atomic mass is 35.5. The molecule has 1 saturated heterocycles. The van der Waals surface area contributed by atoms with Gasteiger partial charge in [0, 0.05) is 24.3 Å². The van der Waals surface area contributed by atoms with E-state index < -0.39 is 21.7 Å². The third kappa shape index (κ3) is 5.39. The van der Waals surface area contributed by atoms with Crippen LogP contribution in [0.5, 0.6) is 0 Å². The largest absolute Gasteiger partial charge is 0.322 e. The van der Waals surface area contributed by atoms with Gasteiger partial charge in [-0.1, -0.05) is 43.4 Å². The number of nitrogens with zero attached hydrogens (tertiary/aromatic N) is 1. The van der Waals surface area contributed by atoms with E-state index in [2.05, 4.69) is 5.32 Å². The zero-order valence-electron chi connectivity index (χ0n) is 17.0. The van der Waals surface area contributed by atoms with Gasteiger partial charge in [0.1, 0.15) is 5.82 Å². The normalized spacial score (nSPS) is 16.4. The van der Waals surface area contributed by atoms with Gasteiger partial charge in [-0.2, -0.15) is 4.31 Å². The van der Waals surface area contributed by atoms with Crippen molar-refractivity contribution in [2.45, 2.75) is 50.3 Å². The van der Waals surface area contributed by atoms with Crippen LogP contribution < -0.4 is 5.32 Å². The summed E-state index contributed by atoms with van der Waals surface area (Å²) in [5.74, 6) is -1.07. The molecule has 0 unspecified atom stereocenters. The summed E-state index contributed by atoms with van der Waals surface area (Å²) in [7, 11) is -3.71. The third-order valence-electron chi connectivity index (χ3n) is 5.31. The van der Waals surface area contributed by atoms with Crippen LogP contribution in [-0.4, -0.2) is 31.7 Å². The first-order chi connectivity index (χ1) is 14.3. The van der Waals surface area contributed by atoms with Gasteiger partial charge in [0.05, 0.1) is 9.92 Å². The maximum atomic E-state index is 13.3. The number of rotatable bonds is 4. The molecule has 2 aromatic rings. The molecule has 30 heavy (non-hydrogen) atoms. The maximum Gasteiger partial charge on any atom is 0.255 e. The van der Waals surface area contributed by atoms with Crippen molar-refractivity contribution in [2.75, 3.05) is 18.4 Å². The van der Waals surface area contributed by atoms with Crippen molar-refractivity contribution in [1.82, 2.24) is 4.31 Å². The topological polar surface area (TPSA) is 66.5 Å². The van der Waals surface area contributed by atoms with Crippen LogP contribution in [0.3, 0.4) is 0 Å². The molecule has 1 aliphatic heterocycles. The molecular weight excluding hydrogens is 427 g/mol. The van der Waals surface area contributed by atoms with Gasteiger partial charge < -0.3 is 5.32 Å². The molecule has 0 atom stereocenters. The number of sulfonamides is 1. The van der Waals surface area contributed by atoms with Crippen molar-refractivity contribution >= 4 is 33.2 Å². The fourth-order valence-corrected chi connectivity index (χ4v) is 5.52. The molecule has 1 amide bonds. The van der Waals surface area contributed by atoms with Gasteiger partial charge in [-0.15, -0.1) is 0 Å². The van der Waals surface area contributed by atoms with E-state index in [0.717, 1.165) is 44.6 Å². The van der Waals surface area contributed by atoms with Crippen molar-refractivity contribution in [2.24, 2.45) is 0 Å². The smallest absolute Gasteiger partial charge is 0.255 e. The lowest BCUT2D eigenvalue weighted by Crippen LogP contribution is -2.33. The molecule has 0 radical (unpaired) electrons. The molecule has 1 fully saturated rings. The summed E-state index contributed by atoms with van der Waals surface area (Å²) in [6.45, 7) is 2.71. The monoisotopic (exact) mass is 452 g/mol. The Hall–Kier alpha value is -1.96. The fraction of sp³-hybridized carbons (Fsp3) is 0.409. The highest BCUT2D eigenvalue weighted by molar-refractivity contribution is 7.89. The van der Waals surface area contributed by atoms with Gasteiger partial charge in [-0.25, -0.2) is 12.8 Å². The molecule has 1 heterocycles. The molecule has 0 saturated carbocycles. The standard InChI is InChI=1S/C22H26ClFN2O3S/c1-16-8-9-17(22(27)25-18-10-11-20(24)19(23)15-18)14-21(16)30(28,29)26-12-6-4-2-3-5-7-13-26/h8-11,14-15H,2-7,12-13H2,1H3,(H,25,27). The van der Waals surface area contributed by atoms with Crippen LogP contribution in [0.25, 0.3) is 0 Å². The molecule has 0 aromatic heterocycles. The molecule has 5 nitrogen and oxygen atoms in total. The number of halogens is 2. The Morgan fingerprint density at radius 3 is 2.27 bits per heavy atom. The molecule has 1 aliphatic rings. The van der Waals surface area contributed by atoms with E-state index in [9.17, 15) is 17.6 Å². The third-order valence-corrected chi connectivity index (χ3v) is 7.64. The number of carbonyl (C=O) groups excluding carboxylic acids is 1. The molecule has 1 N–H and O–H groups in total. The van der Waals surface area contributed by atoms with Crippen LogP contribution in [0.1, 0.15) is 54.4 Å². The molecule has 0 spiro atoms. The van der Waals surface area contributed by atoms with E-state index in [1.165, 1.54) is 18.2 Å². The lowest BCUT2D eigenvalue weighted by molar-refractivity contribution is 0.102. The van der Waals surface area contributed by atoms with Crippen molar-refractivity contribution in [3.8, 4) is 0 Å². The summed E-state index contributed by atoms with van der Waals surface area (Å²) < 4.78 is 41.5. The molecule has 162 valence electrons. The zero-order chi connectivity index (χ0) is 21.7. The minimum absolute atomic E-state index is 0.104. The Labute approximate surface area is 182 Å². The Morgan fingerprint density at radius 1 is 1.00 bits per heavy atom. The first-order valence-electron chi connectivity index (χ1n) is 10.2. The van der Waals surface area contributed by atoms with Crippen LogP contribution in [0, 0.1) is 12.7 Å². The zero-order valence-corrected chi connectivity index (χ0v) is 18.5. The van der Waals surface area contributed by atoms with Gasteiger partial charge in [-0.05, 0) is 55.7 Å². The van der Waals surface area contributed by atoms with E-state index in [-0.39, 0.29) is 15.5 Å². The maximum absolute atomic E-state index is 13.3. The van der Waals surface area contributed by atoms with Crippen LogP contribution in [-0.2, 0) is 10.0 Å². The number of carbonyl (C=O) groups is 1. The Balaban J connectivity index is 1.85. The lowest BCUT2D eigenvalue weighted by atomic mass is 10.1. The number of aryl methyl sites for hydroxylation is 1. The van der Waals surface area contributed by atoms with E-state index in [1.807, 2.05) is 0 Å². The summed E-state index contributed by atoms with van der Waals surface area (Å²) in [5.41, 5.74) is 1.14. The molecule has 0 bridgehead atoms. The van der Waals surface area contributed by atoms with Crippen LogP contribution >= 0.6 is 11.6 Å². The van der Waals surface area contributed by atoms with Crippen molar-refractivity contribution in [3.05, 3.63) is 58.4 Å². The minimum atomic E-state index is -3.71. The SMILES string of the molecule is Cc1ccc(C(=O)Nc2ccc(F)c(Cl)c2)cc1S(=O)(=O)N1CCCCCCCC1. The molecule has 8 heteroatoms. The van der Waals surface area contributed by atoms with Crippen molar-refractivity contribution < 1.29 is 17.6 Å². The second kappa shape index (κ2) is 9.90. The van der Waals surface area contributed by atoms with Crippen molar-refractivity contribution in [1.29, 1.82) is 0 Å². The fourth-order valence-electron chi connectivity index (χ4n) is 3.57. The van der Waals surface area contributed by atoms with Gasteiger partial charge in [0.15, 0.2) is 0 Å². The Kier molecular flexibility index (Phi) is 7.50. The molecular formula is C22H26ClFN2O3S. The second-order valence-electron chi connectivity index (χ2n) is 7.59. The number of nitrogens with one attached hydrogen (secondary N) is 1. The second-order valence-corrected chi connectivity index (χ2v) is 9.90. The molecule has 3 rings (SSSR count). The Morgan fingerprint density at radius 2 is 1.63 bits per heavy atom. The lowest BCUT2D eigenvalue weighted by Gasteiger charge is -2.23. The van der Waals surface area contributed by atoms with E-state index in [1.54, 1.807) is 23.4 Å². The molecule has 0 aliphatic carbocycles. The number of amides is 1. The van der Waals surface area contributed by atoms with Crippen LogP contribution in [0.4, 0.5) is 10.1 Å². The Bertz CT molecular complexity index is 1020. The number of hydrogen-bond donors (Lipinski definition) is 1. The van der Waals surface area contributed by atoms with Crippen molar-refractivity contribution in [3.63, 3.8) is 0 Å². The quantitative estimate of drug-likeness (QED) is 0.676. The highest BCUT2D eigenvalue weighted by Gasteiger charge is 2.27. The summed E-state index contributed by atoms with van der Waals surface area (Å²) in [5, 5.41) is 2.53. The average molecular weight is 453 g/mol. The van der Waals surface area contributed by atoms with Crippen LogP contribution in [0.2, 0.25) is 5.02 Å². The summed E-state index contributed by atoms with van der Waals surface area (Å²) >= 11 is 5.76. The first-order valence-corrected chi connectivity index (χ1v) is 12.0. The molecule has 2 aromatic carbocycles. The number of hydrogen-bond acceptors (Lipinski definition) is 3. The first kappa shape index (κ1) is 22.7. The van der Waals surface area contributed by atoms with Gasteiger partial charge >= 0.3 is 0 Å². The predicted molar refractivity (Wildman–Crippen MR) is 117 cm³/mol. The highest BCUT2D eigenvalue weighted by Crippen LogP contribution is 2.25. The average Bonchev–Trinajstić information content (AvgIpc) is 2.85. The van der Waals surface area contributed by atoms with Crippen LogP contribution in [0.15, 0.2) is 41.3 Å². The number of anilines is 1. The van der Waals surface area contributed by atoms with Gasteiger partial charge in [0.25, 0.3) is 5.91 Å². The van der Waals surface area contributed by atoms with E-state index in [4.69, 9.17) is 11.6 Å². The predicted octanol–water partition coefficient (Wildman–Crippen LogP) is 5.38. The summed E-state index contributed by atoms with van der Waals surface area (Å²) in [4.78, 5) is 12.8. The number of benzene rings is 2.